The number of aromatic nitrogens is 1. The summed E-state index contributed by atoms with van der Waals surface area (Å²) in [5.41, 5.74) is 0.544. The Hall–Kier alpha value is -2.11. The van der Waals surface area contributed by atoms with Crippen molar-refractivity contribution in [1.29, 1.82) is 0 Å². The average Bonchev–Trinajstić information content (AvgIpc) is 2.54. The molecule has 1 aliphatic rings. The summed E-state index contributed by atoms with van der Waals surface area (Å²) in [6.07, 6.45) is 3.35. The molecule has 0 unspecified atom stereocenters. The number of esters is 1. The first kappa shape index (κ1) is 15.3. The van der Waals surface area contributed by atoms with Crippen molar-refractivity contribution in [3.8, 4) is 0 Å². The van der Waals surface area contributed by atoms with Gasteiger partial charge in [-0.25, -0.2) is 4.98 Å². The molecule has 1 aromatic heterocycles. The van der Waals surface area contributed by atoms with Crippen LogP contribution in [0.4, 0.5) is 5.82 Å². The van der Waals surface area contributed by atoms with Crippen LogP contribution in [0.15, 0.2) is 18.3 Å². The van der Waals surface area contributed by atoms with Gasteiger partial charge in [-0.3, -0.25) is 9.59 Å². The van der Waals surface area contributed by atoms with Crippen molar-refractivity contribution in [1.82, 2.24) is 10.3 Å². The van der Waals surface area contributed by atoms with E-state index in [9.17, 15) is 9.59 Å². The number of piperidine rings is 1. The number of hydrogen-bond acceptors (Lipinski definition) is 5. The third-order valence-corrected chi connectivity index (χ3v) is 3.63. The summed E-state index contributed by atoms with van der Waals surface area (Å²) in [5.74, 6) is 0.395. The Morgan fingerprint density at radius 2 is 2.29 bits per heavy atom. The fourth-order valence-electron chi connectivity index (χ4n) is 2.51. The van der Waals surface area contributed by atoms with Crippen LogP contribution in [0, 0.1) is 5.92 Å². The molecule has 1 fully saturated rings. The first-order valence-corrected chi connectivity index (χ1v) is 7.22. The summed E-state index contributed by atoms with van der Waals surface area (Å²) in [4.78, 5) is 29.7. The highest BCUT2D eigenvalue weighted by atomic mass is 16.5. The second-order valence-electron chi connectivity index (χ2n) is 5.07. The van der Waals surface area contributed by atoms with Crippen molar-refractivity contribution in [3.05, 3.63) is 23.9 Å². The normalized spacial score (nSPS) is 18.2. The van der Waals surface area contributed by atoms with Crippen molar-refractivity contribution >= 4 is 17.7 Å². The molecule has 0 aliphatic carbocycles. The molecule has 6 nitrogen and oxygen atoms in total. The molecule has 1 aliphatic heterocycles. The number of rotatable bonds is 4. The molecule has 21 heavy (non-hydrogen) atoms. The highest BCUT2D eigenvalue weighted by Crippen LogP contribution is 2.22. The molecule has 2 heterocycles. The Kier molecular flexibility index (Phi) is 5.14. The van der Waals surface area contributed by atoms with E-state index in [4.69, 9.17) is 4.74 Å². The van der Waals surface area contributed by atoms with Crippen LogP contribution in [0.2, 0.25) is 0 Å². The first-order chi connectivity index (χ1) is 10.2. The van der Waals surface area contributed by atoms with Gasteiger partial charge in [0.1, 0.15) is 5.82 Å². The van der Waals surface area contributed by atoms with Crippen LogP contribution < -0.4 is 10.2 Å². The molecular weight excluding hydrogens is 270 g/mol. The molecule has 2 rings (SSSR count). The Morgan fingerprint density at radius 3 is 2.90 bits per heavy atom. The van der Waals surface area contributed by atoms with Crippen molar-refractivity contribution in [3.63, 3.8) is 0 Å². The number of nitrogens with zero attached hydrogens (tertiary/aromatic N) is 2. The smallest absolute Gasteiger partial charge is 0.310 e. The standard InChI is InChI=1S/C15H21N3O3/c1-3-16-14(19)11-6-7-13(17-9-11)18-8-4-5-12(10-18)15(20)21-2/h6-7,9,12H,3-5,8,10H2,1-2H3,(H,16,19)/t12-/m1/s1. The number of methoxy groups -OCH3 is 1. The van der Waals surface area contributed by atoms with Gasteiger partial charge in [0.2, 0.25) is 0 Å². The number of pyridine rings is 1. The van der Waals surface area contributed by atoms with E-state index in [2.05, 4.69) is 15.2 Å². The van der Waals surface area contributed by atoms with Gasteiger partial charge in [0, 0.05) is 25.8 Å². The van der Waals surface area contributed by atoms with Crippen molar-refractivity contribution in [2.24, 2.45) is 5.92 Å². The minimum atomic E-state index is -0.168. The maximum Gasteiger partial charge on any atom is 0.310 e. The molecule has 6 heteroatoms. The number of carbonyl (C=O) groups excluding carboxylic acids is 2. The van der Waals surface area contributed by atoms with E-state index in [1.54, 1.807) is 12.3 Å². The van der Waals surface area contributed by atoms with E-state index in [0.717, 1.165) is 25.2 Å². The van der Waals surface area contributed by atoms with Gasteiger partial charge in [-0.15, -0.1) is 0 Å². The Morgan fingerprint density at radius 1 is 1.48 bits per heavy atom. The van der Waals surface area contributed by atoms with Crippen LogP contribution in [-0.4, -0.2) is 43.6 Å². The van der Waals surface area contributed by atoms with Gasteiger partial charge in [0.25, 0.3) is 5.91 Å². The molecule has 0 spiro atoms. The lowest BCUT2D eigenvalue weighted by Crippen LogP contribution is -2.39. The van der Waals surface area contributed by atoms with Crippen LogP contribution in [-0.2, 0) is 9.53 Å². The van der Waals surface area contributed by atoms with Gasteiger partial charge in [0.15, 0.2) is 0 Å². The zero-order valence-electron chi connectivity index (χ0n) is 12.5. The van der Waals surface area contributed by atoms with E-state index < -0.39 is 0 Å². The molecule has 0 aromatic carbocycles. The van der Waals surface area contributed by atoms with Gasteiger partial charge in [-0.1, -0.05) is 0 Å². The predicted molar refractivity (Wildman–Crippen MR) is 79.2 cm³/mol. The van der Waals surface area contributed by atoms with Gasteiger partial charge in [-0.2, -0.15) is 0 Å². The van der Waals surface area contributed by atoms with E-state index in [1.165, 1.54) is 7.11 Å². The number of anilines is 1. The molecule has 0 radical (unpaired) electrons. The van der Waals surface area contributed by atoms with Crippen LogP contribution in [0.3, 0.4) is 0 Å². The zero-order valence-corrected chi connectivity index (χ0v) is 12.5. The minimum Gasteiger partial charge on any atom is -0.469 e. The van der Waals surface area contributed by atoms with Gasteiger partial charge in [-0.05, 0) is 31.9 Å². The number of hydrogen-bond donors (Lipinski definition) is 1. The molecule has 1 N–H and O–H groups in total. The lowest BCUT2D eigenvalue weighted by Gasteiger charge is -2.32. The van der Waals surface area contributed by atoms with Crippen molar-refractivity contribution < 1.29 is 14.3 Å². The third kappa shape index (κ3) is 3.71. The largest absolute Gasteiger partial charge is 0.469 e. The van der Waals surface area contributed by atoms with E-state index in [0.29, 0.717) is 18.7 Å². The molecule has 1 saturated heterocycles. The number of amides is 1. The van der Waals surface area contributed by atoms with Gasteiger partial charge in [0.05, 0.1) is 18.6 Å². The second kappa shape index (κ2) is 7.06. The van der Waals surface area contributed by atoms with Crippen molar-refractivity contribution in [2.75, 3.05) is 31.6 Å². The first-order valence-electron chi connectivity index (χ1n) is 7.22. The van der Waals surface area contributed by atoms with E-state index in [-0.39, 0.29) is 17.8 Å². The summed E-state index contributed by atoms with van der Waals surface area (Å²) in [7, 11) is 1.42. The fraction of sp³-hybridized carbons (Fsp3) is 0.533. The maximum atomic E-state index is 11.7. The third-order valence-electron chi connectivity index (χ3n) is 3.63. The monoisotopic (exact) mass is 291 g/mol. The summed E-state index contributed by atoms with van der Waals surface area (Å²) in [6.45, 7) is 3.94. The Bertz CT molecular complexity index is 501. The Balaban J connectivity index is 2.04. The molecule has 0 bridgehead atoms. The average molecular weight is 291 g/mol. The second-order valence-corrected chi connectivity index (χ2v) is 5.07. The minimum absolute atomic E-state index is 0.103. The maximum absolute atomic E-state index is 11.7. The van der Waals surface area contributed by atoms with E-state index >= 15 is 0 Å². The summed E-state index contributed by atoms with van der Waals surface area (Å²) < 4.78 is 4.81. The van der Waals surface area contributed by atoms with Crippen molar-refractivity contribution in [2.45, 2.75) is 19.8 Å². The highest BCUT2D eigenvalue weighted by Gasteiger charge is 2.27. The summed E-state index contributed by atoms with van der Waals surface area (Å²) in [5, 5.41) is 2.74. The molecule has 1 atom stereocenters. The number of nitrogens with one attached hydrogen (secondary N) is 1. The van der Waals surface area contributed by atoms with Crippen LogP contribution >= 0.6 is 0 Å². The van der Waals surface area contributed by atoms with Crippen LogP contribution in [0.25, 0.3) is 0 Å². The van der Waals surface area contributed by atoms with Crippen LogP contribution in [0.1, 0.15) is 30.1 Å². The predicted octanol–water partition coefficient (Wildman–Crippen LogP) is 1.22. The molecule has 1 amide bonds. The molecular formula is C15H21N3O3. The molecule has 0 saturated carbocycles. The highest BCUT2D eigenvalue weighted by molar-refractivity contribution is 5.94. The topological polar surface area (TPSA) is 71.5 Å². The quantitative estimate of drug-likeness (QED) is 0.845. The summed E-state index contributed by atoms with van der Waals surface area (Å²) >= 11 is 0. The Labute approximate surface area is 124 Å². The van der Waals surface area contributed by atoms with Gasteiger partial charge >= 0.3 is 5.97 Å². The number of ether oxygens (including phenoxy) is 1. The molecule has 114 valence electrons. The number of carbonyl (C=O) groups is 2. The van der Waals surface area contributed by atoms with Gasteiger partial charge < -0.3 is 15.0 Å². The zero-order chi connectivity index (χ0) is 15.2. The lowest BCUT2D eigenvalue weighted by atomic mass is 9.98. The van der Waals surface area contributed by atoms with Crippen LogP contribution in [0.5, 0.6) is 0 Å². The fourth-order valence-corrected chi connectivity index (χ4v) is 2.51. The SMILES string of the molecule is CCNC(=O)c1ccc(N2CCC[C@@H](C(=O)OC)C2)nc1. The summed E-state index contributed by atoms with van der Waals surface area (Å²) in [6, 6.07) is 3.58. The van der Waals surface area contributed by atoms with E-state index in [1.807, 2.05) is 13.0 Å². The lowest BCUT2D eigenvalue weighted by molar-refractivity contribution is -0.145. The molecule has 1 aromatic rings.